The Hall–Kier alpha value is -1.42. The second kappa shape index (κ2) is 6.84. The minimum Gasteiger partial charge on any atom is -0.340 e. The molecule has 0 aromatic carbocycles. The van der Waals surface area contributed by atoms with E-state index in [2.05, 4.69) is 30.7 Å². The summed E-state index contributed by atoms with van der Waals surface area (Å²) in [6.45, 7) is 9.34. The minimum atomic E-state index is 0.222. The summed E-state index contributed by atoms with van der Waals surface area (Å²) in [4.78, 5) is 21.0. The molecule has 110 valence electrons. The third kappa shape index (κ3) is 3.57. The van der Waals surface area contributed by atoms with Crippen molar-refractivity contribution in [2.24, 2.45) is 0 Å². The predicted molar refractivity (Wildman–Crippen MR) is 80.4 cm³/mol. The monoisotopic (exact) mass is 275 g/mol. The number of piperazine rings is 1. The largest absolute Gasteiger partial charge is 0.340 e. The first-order chi connectivity index (χ1) is 9.61. The smallest absolute Gasteiger partial charge is 0.227 e. The maximum Gasteiger partial charge on any atom is 0.227 e. The lowest BCUT2D eigenvalue weighted by Crippen LogP contribution is -2.56. The van der Waals surface area contributed by atoms with Crippen LogP contribution in [0, 0.1) is 0 Å². The van der Waals surface area contributed by atoms with E-state index in [9.17, 15) is 4.79 Å². The molecule has 1 aromatic rings. The number of carbonyl (C=O) groups excluding carboxylic acids is 1. The van der Waals surface area contributed by atoms with Gasteiger partial charge < -0.3 is 4.90 Å². The van der Waals surface area contributed by atoms with Crippen molar-refractivity contribution in [3.63, 3.8) is 0 Å². The van der Waals surface area contributed by atoms with Crippen LogP contribution in [0.5, 0.6) is 0 Å². The van der Waals surface area contributed by atoms with Gasteiger partial charge in [-0.3, -0.25) is 14.7 Å². The number of hydrogen-bond acceptors (Lipinski definition) is 3. The van der Waals surface area contributed by atoms with Crippen LogP contribution >= 0.6 is 0 Å². The molecular weight excluding hydrogens is 250 g/mol. The molecule has 1 aliphatic heterocycles. The quantitative estimate of drug-likeness (QED) is 0.843. The van der Waals surface area contributed by atoms with Crippen LogP contribution in [0.2, 0.25) is 0 Å². The van der Waals surface area contributed by atoms with E-state index < -0.39 is 0 Å². The topological polar surface area (TPSA) is 36.4 Å². The Labute approximate surface area is 121 Å². The minimum absolute atomic E-state index is 0.222. The van der Waals surface area contributed by atoms with E-state index in [0.29, 0.717) is 18.5 Å². The molecule has 1 atom stereocenters. The molecule has 0 aliphatic carbocycles. The Morgan fingerprint density at radius 2 is 2.25 bits per heavy atom. The third-order valence-electron chi connectivity index (χ3n) is 4.09. The van der Waals surface area contributed by atoms with Crippen molar-refractivity contribution in [3.8, 4) is 0 Å². The maximum atomic E-state index is 12.4. The number of carbonyl (C=O) groups is 1. The highest BCUT2D eigenvalue weighted by Gasteiger charge is 2.29. The van der Waals surface area contributed by atoms with Crippen molar-refractivity contribution >= 4 is 5.91 Å². The third-order valence-corrected chi connectivity index (χ3v) is 4.09. The number of nitrogens with zero attached hydrogens (tertiary/aromatic N) is 3. The van der Waals surface area contributed by atoms with Crippen LogP contribution in [-0.4, -0.2) is 52.4 Å². The van der Waals surface area contributed by atoms with E-state index >= 15 is 0 Å². The molecule has 1 aromatic heterocycles. The van der Waals surface area contributed by atoms with Gasteiger partial charge in [0.15, 0.2) is 0 Å². The van der Waals surface area contributed by atoms with Crippen LogP contribution in [0.4, 0.5) is 0 Å². The van der Waals surface area contributed by atoms with Crippen LogP contribution < -0.4 is 0 Å². The van der Waals surface area contributed by atoms with Gasteiger partial charge >= 0.3 is 0 Å². The van der Waals surface area contributed by atoms with Gasteiger partial charge in [-0.05, 0) is 31.9 Å². The Kier molecular flexibility index (Phi) is 5.12. The van der Waals surface area contributed by atoms with E-state index in [1.807, 2.05) is 17.0 Å². The molecule has 20 heavy (non-hydrogen) atoms. The van der Waals surface area contributed by atoms with Crippen LogP contribution in [0.3, 0.4) is 0 Å². The zero-order valence-electron chi connectivity index (χ0n) is 12.7. The number of aromatic nitrogens is 1. The maximum absolute atomic E-state index is 12.4. The molecule has 1 aliphatic rings. The molecule has 2 heterocycles. The molecule has 0 bridgehead atoms. The number of rotatable bonds is 4. The number of hydrogen-bond donors (Lipinski definition) is 0. The van der Waals surface area contributed by atoms with Gasteiger partial charge in [0.25, 0.3) is 0 Å². The summed E-state index contributed by atoms with van der Waals surface area (Å²) in [6.07, 6.45) is 5.07. The fourth-order valence-electron chi connectivity index (χ4n) is 2.93. The zero-order valence-corrected chi connectivity index (χ0v) is 12.7. The average molecular weight is 275 g/mol. The van der Waals surface area contributed by atoms with E-state index in [0.717, 1.165) is 31.6 Å². The van der Waals surface area contributed by atoms with Crippen molar-refractivity contribution in [1.82, 2.24) is 14.8 Å². The average Bonchev–Trinajstić information content (AvgIpc) is 2.47. The zero-order chi connectivity index (χ0) is 14.5. The number of amides is 1. The summed E-state index contributed by atoms with van der Waals surface area (Å²) in [7, 11) is 0. The van der Waals surface area contributed by atoms with E-state index in [1.54, 1.807) is 12.4 Å². The molecule has 0 spiro atoms. The van der Waals surface area contributed by atoms with Crippen molar-refractivity contribution < 1.29 is 4.79 Å². The lowest BCUT2D eigenvalue weighted by Gasteiger charge is -2.43. The van der Waals surface area contributed by atoms with Gasteiger partial charge in [0, 0.05) is 44.1 Å². The fraction of sp³-hybridized carbons (Fsp3) is 0.625. The predicted octanol–water partition coefficient (Wildman–Crippen LogP) is 1.96. The molecule has 4 heteroatoms. The summed E-state index contributed by atoms with van der Waals surface area (Å²) in [5.41, 5.74) is 0.997. The molecule has 0 unspecified atom stereocenters. The van der Waals surface area contributed by atoms with Crippen LogP contribution in [0.15, 0.2) is 24.5 Å². The second-order valence-electron chi connectivity index (χ2n) is 5.77. The standard InChI is InChI=1S/C16H25N3O/c1-4-15-12-18(8-9-19(15)13(2)3)16(20)10-14-6-5-7-17-11-14/h5-7,11,13,15H,4,8-10,12H2,1-3H3/t15-/m1/s1. The summed E-state index contributed by atoms with van der Waals surface area (Å²) < 4.78 is 0. The Morgan fingerprint density at radius 1 is 1.45 bits per heavy atom. The Balaban J connectivity index is 1.95. The highest BCUT2D eigenvalue weighted by molar-refractivity contribution is 5.78. The van der Waals surface area contributed by atoms with Crippen LogP contribution in [-0.2, 0) is 11.2 Å². The van der Waals surface area contributed by atoms with E-state index in [4.69, 9.17) is 0 Å². The van der Waals surface area contributed by atoms with Gasteiger partial charge in [-0.1, -0.05) is 13.0 Å². The van der Waals surface area contributed by atoms with Gasteiger partial charge in [0.1, 0.15) is 0 Å². The van der Waals surface area contributed by atoms with E-state index in [1.165, 1.54) is 0 Å². The molecule has 1 fully saturated rings. The summed E-state index contributed by atoms with van der Waals surface area (Å²) in [6, 6.07) is 4.89. The lowest BCUT2D eigenvalue weighted by molar-refractivity contribution is -0.134. The normalized spacial score (nSPS) is 20.4. The number of pyridine rings is 1. The molecule has 0 N–H and O–H groups in total. The molecule has 2 rings (SSSR count). The Bertz CT molecular complexity index is 433. The van der Waals surface area contributed by atoms with Crippen molar-refractivity contribution in [1.29, 1.82) is 0 Å². The van der Waals surface area contributed by atoms with Crippen molar-refractivity contribution in [3.05, 3.63) is 30.1 Å². The van der Waals surface area contributed by atoms with Gasteiger partial charge in [-0.2, -0.15) is 0 Å². The summed E-state index contributed by atoms with van der Waals surface area (Å²) in [5, 5.41) is 0. The first-order valence-corrected chi connectivity index (χ1v) is 7.54. The second-order valence-corrected chi connectivity index (χ2v) is 5.77. The molecular formula is C16H25N3O. The van der Waals surface area contributed by atoms with Crippen LogP contribution in [0.1, 0.15) is 32.8 Å². The SMILES string of the molecule is CC[C@@H]1CN(C(=O)Cc2cccnc2)CCN1C(C)C. The van der Waals surface area contributed by atoms with Gasteiger partial charge in [-0.15, -0.1) is 0 Å². The molecule has 1 amide bonds. The van der Waals surface area contributed by atoms with E-state index in [-0.39, 0.29) is 5.91 Å². The fourth-order valence-corrected chi connectivity index (χ4v) is 2.93. The summed E-state index contributed by atoms with van der Waals surface area (Å²) >= 11 is 0. The molecule has 0 radical (unpaired) electrons. The highest BCUT2D eigenvalue weighted by Crippen LogP contribution is 2.16. The van der Waals surface area contributed by atoms with Gasteiger partial charge in [0.2, 0.25) is 5.91 Å². The first-order valence-electron chi connectivity index (χ1n) is 7.54. The summed E-state index contributed by atoms with van der Waals surface area (Å²) in [5.74, 6) is 0.222. The molecule has 4 nitrogen and oxygen atoms in total. The van der Waals surface area contributed by atoms with Gasteiger partial charge in [0.05, 0.1) is 6.42 Å². The highest BCUT2D eigenvalue weighted by atomic mass is 16.2. The lowest BCUT2D eigenvalue weighted by atomic mass is 10.1. The molecule has 1 saturated heterocycles. The van der Waals surface area contributed by atoms with Gasteiger partial charge in [-0.25, -0.2) is 0 Å². The van der Waals surface area contributed by atoms with Crippen molar-refractivity contribution in [2.45, 2.75) is 45.7 Å². The Morgan fingerprint density at radius 3 is 2.85 bits per heavy atom. The van der Waals surface area contributed by atoms with Crippen LogP contribution in [0.25, 0.3) is 0 Å². The first kappa shape index (κ1) is 15.0. The molecule has 0 saturated carbocycles. The van der Waals surface area contributed by atoms with Crippen molar-refractivity contribution in [2.75, 3.05) is 19.6 Å².